The quantitative estimate of drug-likeness (QED) is 0.389. The van der Waals surface area contributed by atoms with Gasteiger partial charge < -0.3 is 9.80 Å². The van der Waals surface area contributed by atoms with Gasteiger partial charge in [-0.05, 0) is 36.8 Å². The molecule has 1 aliphatic heterocycles. The van der Waals surface area contributed by atoms with Crippen LogP contribution in [0.3, 0.4) is 0 Å². The van der Waals surface area contributed by atoms with Crippen LogP contribution < -0.4 is 10.5 Å². The molecule has 12 heteroatoms. The van der Waals surface area contributed by atoms with Crippen LogP contribution in [0.5, 0.6) is 0 Å². The molecule has 5 aromatic heterocycles. The van der Waals surface area contributed by atoms with Crippen molar-refractivity contribution < 1.29 is 4.79 Å². The van der Waals surface area contributed by atoms with Crippen molar-refractivity contribution in [2.45, 2.75) is 20.8 Å². The summed E-state index contributed by atoms with van der Waals surface area (Å²) in [5, 5.41) is 9.68. The molecule has 0 bridgehead atoms. The van der Waals surface area contributed by atoms with Crippen molar-refractivity contribution in [1.82, 2.24) is 39.2 Å². The number of amides is 1. The number of nitrogens with zero attached hydrogens (tertiary/aromatic N) is 8. The van der Waals surface area contributed by atoms with Gasteiger partial charge in [0.05, 0.1) is 22.3 Å². The number of thiazole rings is 1. The van der Waals surface area contributed by atoms with Crippen LogP contribution in [0.2, 0.25) is 0 Å². The van der Waals surface area contributed by atoms with Gasteiger partial charge in [0.2, 0.25) is 5.95 Å². The lowest BCUT2D eigenvalue weighted by atomic mass is 10.2. The molecule has 1 fully saturated rings. The van der Waals surface area contributed by atoms with Crippen LogP contribution >= 0.6 is 11.3 Å². The van der Waals surface area contributed by atoms with Crippen molar-refractivity contribution in [2.24, 2.45) is 0 Å². The summed E-state index contributed by atoms with van der Waals surface area (Å²) < 4.78 is 2.98. The van der Waals surface area contributed by atoms with Crippen molar-refractivity contribution in [2.75, 3.05) is 31.1 Å². The number of H-pyrrole nitrogens is 1. The molecule has 1 N–H and O–H groups in total. The number of rotatable bonds is 4. The molecular formula is C25H27N9O2S. The number of aromatic amines is 1. The average molecular weight is 518 g/mol. The van der Waals surface area contributed by atoms with Gasteiger partial charge in [0.1, 0.15) is 5.52 Å². The number of aromatic nitrogens is 7. The van der Waals surface area contributed by atoms with E-state index in [1.165, 1.54) is 15.4 Å². The first kappa shape index (κ1) is 24.4. The average Bonchev–Trinajstić information content (AvgIpc) is 3.70. The topological polar surface area (TPSA) is 117 Å². The van der Waals surface area contributed by atoms with Crippen LogP contribution in [-0.2, 0) is 0 Å². The zero-order chi connectivity index (χ0) is 25.9. The largest absolute Gasteiger partial charge is 0.345 e. The molecule has 6 heterocycles. The van der Waals surface area contributed by atoms with Crippen molar-refractivity contribution in [1.29, 1.82) is 0 Å². The van der Waals surface area contributed by atoms with E-state index in [2.05, 4.69) is 30.0 Å². The van der Waals surface area contributed by atoms with E-state index >= 15 is 0 Å². The summed E-state index contributed by atoms with van der Waals surface area (Å²) >= 11 is 1.64. The van der Waals surface area contributed by atoms with E-state index in [0.717, 1.165) is 15.6 Å². The summed E-state index contributed by atoms with van der Waals surface area (Å²) in [4.78, 5) is 42.1. The highest BCUT2D eigenvalue weighted by atomic mass is 32.1. The highest BCUT2D eigenvalue weighted by Gasteiger charge is 2.27. The summed E-state index contributed by atoms with van der Waals surface area (Å²) in [7, 11) is 0. The number of anilines is 1. The minimum atomic E-state index is -0.270. The van der Waals surface area contributed by atoms with Gasteiger partial charge in [-0.3, -0.25) is 19.6 Å². The van der Waals surface area contributed by atoms with Crippen molar-refractivity contribution >= 4 is 27.9 Å². The van der Waals surface area contributed by atoms with Crippen LogP contribution in [0.1, 0.15) is 29.9 Å². The van der Waals surface area contributed by atoms with E-state index in [1.54, 1.807) is 49.0 Å². The number of carbonyl (C=O) groups is 1. The lowest BCUT2D eigenvalue weighted by molar-refractivity contribution is 0.0746. The first-order valence-electron chi connectivity index (χ1n) is 12.1. The zero-order valence-corrected chi connectivity index (χ0v) is 21.6. The van der Waals surface area contributed by atoms with Crippen molar-refractivity contribution in [3.8, 4) is 16.4 Å². The Morgan fingerprint density at radius 2 is 1.81 bits per heavy atom. The molecule has 0 radical (unpaired) electrons. The normalized spacial score (nSPS) is 13.5. The van der Waals surface area contributed by atoms with E-state index in [4.69, 9.17) is 0 Å². The van der Waals surface area contributed by atoms with E-state index in [0.29, 0.717) is 43.0 Å². The molecule has 0 unspecified atom stereocenters. The number of pyridine rings is 1. The standard InChI is InChI=1S/C23H21N9O2S.C2H6/c1-15-17(13-26-32(15)22-27-20(33)18-3-2-8-31(18)28-22)21(34)29-9-11-30(12-10-29)23-25-14-19(35-23)16-4-6-24-7-5-16;1-2/h2-8,13-14H,9-12H2,1H3,(H,27,28,33);1-2H3. The molecule has 1 amide bonds. The molecule has 0 atom stereocenters. The second-order valence-corrected chi connectivity index (χ2v) is 9.20. The van der Waals surface area contributed by atoms with E-state index in [-0.39, 0.29) is 17.4 Å². The first-order valence-corrected chi connectivity index (χ1v) is 12.9. The zero-order valence-electron chi connectivity index (χ0n) is 20.8. The van der Waals surface area contributed by atoms with Gasteiger partial charge in [-0.25, -0.2) is 14.2 Å². The minimum absolute atomic E-state index is 0.0885. The highest BCUT2D eigenvalue weighted by Crippen LogP contribution is 2.31. The SMILES string of the molecule is CC.Cc1c(C(=O)N2CCN(c3ncc(-c4ccncc4)s3)CC2)cnn1-c1nn2cccc2c(=O)[nH]1. The number of fused-ring (bicyclic) bond motifs is 1. The molecule has 1 saturated heterocycles. The monoisotopic (exact) mass is 517 g/mol. The lowest BCUT2D eigenvalue weighted by Gasteiger charge is -2.34. The van der Waals surface area contributed by atoms with Crippen LogP contribution in [0.25, 0.3) is 21.9 Å². The van der Waals surface area contributed by atoms with E-state index < -0.39 is 0 Å². The molecule has 190 valence electrons. The number of piperazine rings is 1. The van der Waals surface area contributed by atoms with Gasteiger partial charge >= 0.3 is 0 Å². The maximum Gasteiger partial charge on any atom is 0.276 e. The summed E-state index contributed by atoms with van der Waals surface area (Å²) in [6, 6.07) is 7.37. The van der Waals surface area contributed by atoms with Crippen molar-refractivity contribution in [3.63, 3.8) is 0 Å². The Morgan fingerprint density at radius 3 is 2.57 bits per heavy atom. The Morgan fingerprint density at radius 1 is 1.05 bits per heavy atom. The predicted molar refractivity (Wildman–Crippen MR) is 142 cm³/mol. The maximum absolute atomic E-state index is 13.3. The van der Waals surface area contributed by atoms with Crippen LogP contribution in [0.4, 0.5) is 5.13 Å². The minimum Gasteiger partial charge on any atom is -0.345 e. The molecule has 5 aromatic rings. The van der Waals surface area contributed by atoms with E-state index in [9.17, 15) is 9.59 Å². The summed E-state index contributed by atoms with van der Waals surface area (Å²) in [5.74, 6) is 0.170. The molecule has 0 aromatic carbocycles. The van der Waals surface area contributed by atoms with Gasteiger partial charge in [-0.1, -0.05) is 25.2 Å². The molecule has 0 aliphatic carbocycles. The van der Waals surface area contributed by atoms with Crippen molar-refractivity contribution in [3.05, 3.63) is 76.9 Å². The van der Waals surface area contributed by atoms with Crippen LogP contribution in [0, 0.1) is 6.92 Å². The third kappa shape index (κ3) is 4.62. The lowest BCUT2D eigenvalue weighted by Crippen LogP contribution is -2.48. The number of carbonyl (C=O) groups excluding carboxylic acids is 1. The summed E-state index contributed by atoms with van der Waals surface area (Å²) in [6.45, 7) is 8.35. The fraction of sp³-hybridized carbons (Fsp3) is 0.280. The number of nitrogens with one attached hydrogen (secondary N) is 1. The maximum atomic E-state index is 13.3. The van der Waals surface area contributed by atoms with Gasteiger partial charge in [-0.2, -0.15) is 5.10 Å². The van der Waals surface area contributed by atoms with Gasteiger partial charge in [0.25, 0.3) is 11.5 Å². The fourth-order valence-electron chi connectivity index (χ4n) is 4.19. The Labute approximate surface area is 217 Å². The first-order chi connectivity index (χ1) is 18.1. The van der Waals surface area contributed by atoms with Crippen LogP contribution in [0.15, 0.2) is 60.0 Å². The second kappa shape index (κ2) is 10.3. The smallest absolute Gasteiger partial charge is 0.276 e. The fourth-order valence-corrected chi connectivity index (χ4v) is 5.17. The second-order valence-electron chi connectivity index (χ2n) is 8.19. The third-order valence-corrected chi connectivity index (χ3v) is 7.23. The Bertz CT molecular complexity index is 1580. The molecule has 0 saturated carbocycles. The third-order valence-electron chi connectivity index (χ3n) is 6.13. The Balaban J connectivity index is 0.00000137. The van der Waals surface area contributed by atoms with Gasteiger partial charge in [0.15, 0.2) is 5.13 Å². The van der Waals surface area contributed by atoms with Crippen LogP contribution in [-0.4, -0.2) is 71.3 Å². The van der Waals surface area contributed by atoms with E-state index in [1.807, 2.05) is 37.1 Å². The highest BCUT2D eigenvalue weighted by molar-refractivity contribution is 7.18. The molecule has 0 spiro atoms. The number of hydrogen-bond acceptors (Lipinski definition) is 8. The summed E-state index contributed by atoms with van der Waals surface area (Å²) in [6.07, 6.45) is 8.66. The predicted octanol–water partition coefficient (Wildman–Crippen LogP) is 3.02. The molecule has 6 rings (SSSR count). The number of hydrogen-bond donors (Lipinski definition) is 1. The molecule has 11 nitrogen and oxygen atoms in total. The molecule has 1 aliphatic rings. The van der Waals surface area contributed by atoms with Gasteiger partial charge in [-0.15, -0.1) is 5.10 Å². The van der Waals surface area contributed by atoms with Gasteiger partial charge in [0, 0.05) is 51.0 Å². The molecule has 37 heavy (non-hydrogen) atoms. The summed E-state index contributed by atoms with van der Waals surface area (Å²) in [5.41, 5.74) is 2.38. The Hall–Kier alpha value is -4.32. The Kier molecular flexibility index (Phi) is 6.82. The molecular weight excluding hydrogens is 490 g/mol.